The highest BCUT2D eigenvalue weighted by molar-refractivity contribution is 6.43. The first-order valence-electron chi connectivity index (χ1n) is 6.88. The van der Waals surface area contributed by atoms with E-state index in [2.05, 4.69) is 20.5 Å². The zero-order valence-corrected chi connectivity index (χ0v) is 14.0. The molecule has 0 aliphatic carbocycles. The standard InChI is InChI=1S/C14H17Cl2N5O2/c1-23-7-8(22)5-6-18-14-19-13(17)12(20-21-14)9-3-2-4-10(15)11(9)16/h2-4,8,22H,5-7H2,1H3,(H3,17,18,19,21). The van der Waals surface area contributed by atoms with Crippen LogP contribution in [-0.2, 0) is 4.74 Å². The predicted molar refractivity (Wildman–Crippen MR) is 90.7 cm³/mol. The molecule has 1 aromatic carbocycles. The average Bonchev–Trinajstić information content (AvgIpc) is 2.51. The van der Waals surface area contributed by atoms with Gasteiger partial charge in [-0.15, -0.1) is 10.2 Å². The van der Waals surface area contributed by atoms with Crippen molar-refractivity contribution in [1.82, 2.24) is 15.2 Å². The third-order valence-corrected chi connectivity index (χ3v) is 3.86. The molecule has 0 aliphatic rings. The summed E-state index contributed by atoms with van der Waals surface area (Å²) in [5.74, 6) is 0.457. The molecule has 23 heavy (non-hydrogen) atoms. The zero-order valence-electron chi connectivity index (χ0n) is 12.5. The highest BCUT2D eigenvalue weighted by Gasteiger charge is 2.14. The summed E-state index contributed by atoms with van der Waals surface area (Å²) in [6, 6.07) is 5.16. The molecule has 0 radical (unpaired) electrons. The van der Waals surface area contributed by atoms with Crippen molar-refractivity contribution in [1.29, 1.82) is 0 Å². The third kappa shape index (κ3) is 4.65. The number of nitrogens with two attached hydrogens (primary N) is 1. The number of anilines is 2. The molecule has 4 N–H and O–H groups in total. The number of hydrogen-bond donors (Lipinski definition) is 3. The summed E-state index contributed by atoms with van der Waals surface area (Å²) >= 11 is 12.1. The first kappa shape index (κ1) is 17.7. The van der Waals surface area contributed by atoms with Gasteiger partial charge >= 0.3 is 0 Å². The van der Waals surface area contributed by atoms with Crippen LogP contribution in [0.4, 0.5) is 11.8 Å². The second kappa shape index (κ2) is 8.26. The number of ether oxygens (including phenoxy) is 1. The Balaban J connectivity index is 2.08. The number of halogens is 2. The number of nitrogens with zero attached hydrogens (tertiary/aromatic N) is 3. The van der Waals surface area contributed by atoms with Crippen molar-refractivity contribution in [2.24, 2.45) is 0 Å². The molecular weight excluding hydrogens is 341 g/mol. The van der Waals surface area contributed by atoms with E-state index in [1.807, 2.05) is 0 Å². The fourth-order valence-corrected chi connectivity index (χ4v) is 2.31. The Bertz CT molecular complexity index is 672. The topological polar surface area (TPSA) is 106 Å². The van der Waals surface area contributed by atoms with Crippen molar-refractivity contribution in [3.8, 4) is 11.3 Å². The first-order valence-corrected chi connectivity index (χ1v) is 7.64. The van der Waals surface area contributed by atoms with Gasteiger partial charge in [-0.1, -0.05) is 35.3 Å². The lowest BCUT2D eigenvalue weighted by Gasteiger charge is -2.11. The Morgan fingerprint density at radius 1 is 1.35 bits per heavy atom. The molecule has 0 saturated carbocycles. The number of rotatable bonds is 7. The first-order chi connectivity index (χ1) is 11.0. The number of aromatic nitrogens is 3. The number of hydrogen-bond acceptors (Lipinski definition) is 7. The molecule has 0 amide bonds. The average molecular weight is 358 g/mol. The molecule has 0 saturated heterocycles. The van der Waals surface area contributed by atoms with Crippen LogP contribution >= 0.6 is 23.2 Å². The van der Waals surface area contributed by atoms with Gasteiger partial charge in [0.1, 0.15) is 5.69 Å². The zero-order chi connectivity index (χ0) is 16.8. The van der Waals surface area contributed by atoms with E-state index in [0.29, 0.717) is 34.3 Å². The molecule has 0 spiro atoms. The Morgan fingerprint density at radius 2 is 2.13 bits per heavy atom. The van der Waals surface area contributed by atoms with Crippen molar-refractivity contribution >= 4 is 35.0 Å². The van der Waals surface area contributed by atoms with Gasteiger partial charge in [0, 0.05) is 19.2 Å². The van der Waals surface area contributed by atoms with Crippen LogP contribution in [0.5, 0.6) is 0 Å². The van der Waals surface area contributed by atoms with Crippen molar-refractivity contribution in [3.05, 3.63) is 28.2 Å². The van der Waals surface area contributed by atoms with Gasteiger partial charge in [0.15, 0.2) is 5.82 Å². The molecular formula is C14H17Cl2N5O2. The summed E-state index contributed by atoms with van der Waals surface area (Å²) in [5.41, 5.74) is 6.86. The third-order valence-electron chi connectivity index (χ3n) is 3.04. The molecule has 1 aromatic heterocycles. The van der Waals surface area contributed by atoms with Gasteiger partial charge < -0.3 is 20.9 Å². The van der Waals surface area contributed by atoms with E-state index in [4.69, 9.17) is 33.7 Å². The van der Waals surface area contributed by atoms with Crippen LogP contribution in [0.1, 0.15) is 6.42 Å². The second-order valence-electron chi connectivity index (χ2n) is 4.80. The summed E-state index contributed by atoms with van der Waals surface area (Å²) in [5, 5.41) is 21.3. The minimum absolute atomic E-state index is 0.184. The van der Waals surface area contributed by atoms with Gasteiger partial charge in [0.25, 0.3) is 0 Å². The van der Waals surface area contributed by atoms with Crippen molar-refractivity contribution in [3.63, 3.8) is 0 Å². The van der Waals surface area contributed by atoms with Crippen molar-refractivity contribution < 1.29 is 9.84 Å². The molecule has 2 rings (SSSR count). The second-order valence-corrected chi connectivity index (χ2v) is 5.58. The molecule has 1 unspecified atom stereocenters. The lowest BCUT2D eigenvalue weighted by atomic mass is 10.1. The number of aliphatic hydroxyl groups is 1. The maximum Gasteiger partial charge on any atom is 0.244 e. The number of aliphatic hydroxyl groups excluding tert-OH is 1. The molecule has 1 atom stereocenters. The van der Waals surface area contributed by atoms with Crippen molar-refractivity contribution in [2.45, 2.75) is 12.5 Å². The molecule has 7 nitrogen and oxygen atoms in total. The molecule has 0 aliphatic heterocycles. The largest absolute Gasteiger partial charge is 0.391 e. The van der Waals surface area contributed by atoms with E-state index >= 15 is 0 Å². The fourth-order valence-electron chi connectivity index (χ4n) is 1.92. The molecule has 9 heteroatoms. The molecule has 0 fully saturated rings. The van der Waals surface area contributed by atoms with E-state index < -0.39 is 6.10 Å². The van der Waals surface area contributed by atoms with Crippen LogP contribution in [0, 0.1) is 0 Å². The minimum atomic E-state index is -0.553. The van der Waals surface area contributed by atoms with E-state index in [1.54, 1.807) is 18.2 Å². The van der Waals surface area contributed by atoms with Gasteiger partial charge in [-0.05, 0) is 12.5 Å². The van der Waals surface area contributed by atoms with Gasteiger partial charge in [-0.2, -0.15) is 4.98 Å². The molecule has 1 heterocycles. The van der Waals surface area contributed by atoms with E-state index in [-0.39, 0.29) is 18.4 Å². The SMILES string of the molecule is COCC(O)CCNc1nnc(-c2cccc(Cl)c2Cl)c(N)n1. The van der Waals surface area contributed by atoms with Gasteiger partial charge in [-0.25, -0.2) is 0 Å². The normalized spacial score (nSPS) is 12.2. The summed E-state index contributed by atoms with van der Waals surface area (Å²) in [4.78, 5) is 4.14. The monoisotopic (exact) mass is 357 g/mol. The summed E-state index contributed by atoms with van der Waals surface area (Å²) in [6.45, 7) is 0.734. The Morgan fingerprint density at radius 3 is 2.83 bits per heavy atom. The van der Waals surface area contributed by atoms with E-state index in [0.717, 1.165) is 0 Å². The number of methoxy groups -OCH3 is 1. The van der Waals surface area contributed by atoms with Gasteiger partial charge in [0.2, 0.25) is 5.95 Å². The Hall–Kier alpha value is -1.67. The summed E-state index contributed by atoms with van der Waals surface area (Å²) < 4.78 is 4.85. The highest BCUT2D eigenvalue weighted by Crippen LogP contribution is 2.34. The molecule has 0 bridgehead atoms. The number of nitrogen functional groups attached to an aromatic ring is 1. The lowest BCUT2D eigenvalue weighted by molar-refractivity contribution is 0.0615. The maximum absolute atomic E-state index is 9.56. The Kier molecular flexibility index (Phi) is 6.35. The minimum Gasteiger partial charge on any atom is -0.391 e. The lowest BCUT2D eigenvalue weighted by Crippen LogP contribution is -2.19. The van der Waals surface area contributed by atoms with Crippen molar-refractivity contribution in [2.75, 3.05) is 31.3 Å². The van der Waals surface area contributed by atoms with Crippen LogP contribution in [-0.4, -0.2) is 46.7 Å². The molecule has 2 aromatic rings. The number of nitrogens with one attached hydrogen (secondary N) is 1. The van der Waals surface area contributed by atoms with Crippen LogP contribution < -0.4 is 11.1 Å². The predicted octanol–water partition coefficient (Wildman–Crippen LogP) is 2.24. The van der Waals surface area contributed by atoms with Crippen LogP contribution in [0.2, 0.25) is 10.0 Å². The van der Waals surface area contributed by atoms with E-state index in [9.17, 15) is 5.11 Å². The van der Waals surface area contributed by atoms with Crippen LogP contribution in [0.25, 0.3) is 11.3 Å². The molecule has 124 valence electrons. The fraction of sp³-hybridized carbons (Fsp3) is 0.357. The van der Waals surface area contributed by atoms with Crippen LogP contribution in [0.3, 0.4) is 0 Å². The van der Waals surface area contributed by atoms with Crippen LogP contribution in [0.15, 0.2) is 18.2 Å². The van der Waals surface area contributed by atoms with Gasteiger partial charge in [-0.3, -0.25) is 0 Å². The summed E-state index contributed by atoms with van der Waals surface area (Å²) in [6.07, 6.45) is -0.0683. The summed E-state index contributed by atoms with van der Waals surface area (Å²) in [7, 11) is 1.53. The highest BCUT2D eigenvalue weighted by atomic mass is 35.5. The van der Waals surface area contributed by atoms with E-state index in [1.165, 1.54) is 7.11 Å². The quantitative estimate of drug-likeness (QED) is 0.697. The smallest absolute Gasteiger partial charge is 0.244 e. The Labute approximate surface area is 143 Å². The van der Waals surface area contributed by atoms with Gasteiger partial charge in [0.05, 0.1) is 22.8 Å². The number of benzene rings is 1. The maximum atomic E-state index is 9.56.